The molecule has 2 aliphatic carbocycles. The first-order chi connectivity index (χ1) is 19.6. The maximum absolute atomic E-state index is 11.4. The molecule has 1 aromatic heterocycles. The average molecular weight is 552 g/mol. The number of aromatic carboxylic acids is 1. The molecule has 0 unspecified atom stereocenters. The number of carboxylic acids is 1. The van der Waals surface area contributed by atoms with Crippen LogP contribution >= 0.6 is 11.3 Å². The van der Waals surface area contributed by atoms with Gasteiger partial charge in [-0.25, -0.2) is 9.78 Å². The maximum atomic E-state index is 11.4. The van der Waals surface area contributed by atoms with Crippen molar-refractivity contribution in [1.82, 2.24) is 4.98 Å². The Kier molecular flexibility index (Phi) is 8.01. The summed E-state index contributed by atoms with van der Waals surface area (Å²) in [6, 6.07) is 24.7. The summed E-state index contributed by atoms with van der Waals surface area (Å²) in [5, 5.41) is 12.6. The van der Waals surface area contributed by atoms with Crippen LogP contribution in [0.15, 0.2) is 78.2 Å². The van der Waals surface area contributed by atoms with Gasteiger partial charge in [0.15, 0.2) is 0 Å². The van der Waals surface area contributed by atoms with E-state index in [0.29, 0.717) is 12.2 Å². The molecule has 40 heavy (non-hydrogen) atoms. The summed E-state index contributed by atoms with van der Waals surface area (Å²) in [5.41, 5.74) is 6.09. The fourth-order valence-electron chi connectivity index (χ4n) is 6.55. The standard InChI is InChI=1S/C35H37NO3S/c37-33(38)29-13-17-30(18-14-29)35(21-5-2-6-22-35)34-36-32(24-40-34)28-15-19-31(20-16-28)39-23-25-9-11-27(12-10-25)26-7-3-1-4-8-26/h9-20,24,26H,1-8,21-23H2,(H,37,38). The van der Waals surface area contributed by atoms with Gasteiger partial charge in [0.25, 0.3) is 0 Å². The topological polar surface area (TPSA) is 59.4 Å². The molecule has 0 atom stereocenters. The molecule has 6 rings (SSSR count). The Morgan fingerprint density at radius 2 is 1.52 bits per heavy atom. The highest BCUT2D eigenvalue weighted by atomic mass is 32.1. The zero-order valence-corrected chi connectivity index (χ0v) is 23.8. The van der Waals surface area contributed by atoms with E-state index in [9.17, 15) is 9.90 Å². The number of carboxylic acid groups (broad SMARTS) is 1. The molecule has 0 radical (unpaired) electrons. The van der Waals surface area contributed by atoms with Gasteiger partial charge in [-0.05, 0) is 84.7 Å². The van der Waals surface area contributed by atoms with E-state index < -0.39 is 5.97 Å². The largest absolute Gasteiger partial charge is 0.489 e. The first kappa shape index (κ1) is 26.8. The number of carbonyl (C=O) groups is 1. The molecular weight excluding hydrogens is 514 g/mol. The van der Waals surface area contributed by atoms with Crippen molar-refractivity contribution in [2.24, 2.45) is 0 Å². The van der Waals surface area contributed by atoms with E-state index in [0.717, 1.165) is 53.6 Å². The summed E-state index contributed by atoms with van der Waals surface area (Å²) in [5.74, 6) is 0.701. The zero-order chi connectivity index (χ0) is 27.4. The second-order valence-electron chi connectivity index (χ2n) is 11.5. The Morgan fingerprint density at radius 1 is 0.850 bits per heavy atom. The Balaban J connectivity index is 1.13. The van der Waals surface area contributed by atoms with Crippen molar-refractivity contribution >= 4 is 17.3 Å². The summed E-state index contributed by atoms with van der Waals surface area (Å²) >= 11 is 1.72. The fraction of sp³-hybridized carbons (Fsp3) is 0.371. The van der Waals surface area contributed by atoms with Gasteiger partial charge in [-0.1, -0.05) is 74.9 Å². The third-order valence-corrected chi connectivity index (χ3v) is 9.96. The molecule has 4 nitrogen and oxygen atoms in total. The number of rotatable bonds is 8. The van der Waals surface area contributed by atoms with E-state index in [-0.39, 0.29) is 5.41 Å². The minimum atomic E-state index is -0.888. The third-order valence-electron chi connectivity index (χ3n) is 8.92. The normalized spacial score (nSPS) is 17.4. The molecule has 0 amide bonds. The molecule has 2 aliphatic rings. The monoisotopic (exact) mass is 551 g/mol. The Bertz CT molecular complexity index is 1410. The molecule has 0 aliphatic heterocycles. The molecule has 3 aromatic carbocycles. The lowest BCUT2D eigenvalue weighted by Gasteiger charge is -2.36. The van der Waals surface area contributed by atoms with Crippen LogP contribution in [-0.2, 0) is 12.0 Å². The van der Waals surface area contributed by atoms with Gasteiger partial charge in [0.1, 0.15) is 17.4 Å². The average Bonchev–Trinajstić information content (AvgIpc) is 3.53. The van der Waals surface area contributed by atoms with E-state index in [1.54, 1.807) is 23.5 Å². The molecule has 1 N–H and O–H groups in total. The van der Waals surface area contributed by atoms with Crippen molar-refractivity contribution in [2.75, 3.05) is 0 Å². The van der Waals surface area contributed by atoms with Crippen molar-refractivity contribution in [3.63, 3.8) is 0 Å². The minimum Gasteiger partial charge on any atom is -0.489 e. The van der Waals surface area contributed by atoms with Crippen molar-refractivity contribution < 1.29 is 14.6 Å². The third kappa shape index (κ3) is 5.71. The highest BCUT2D eigenvalue weighted by Gasteiger charge is 2.38. The van der Waals surface area contributed by atoms with Crippen molar-refractivity contribution in [3.8, 4) is 17.0 Å². The summed E-state index contributed by atoms with van der Waals surface area (Å²) < 4.78 is 6.11. The fourth-order valence-corrected chi connectivity index (χ4v) is 7.66. The summed E-state index contributed by atoms with van der Waals surface area (Å²) in [6.07, 6.45) is 12.4. The second kappa shape index (κ2) is 12.0. The molecule has 0 spiro atoms. The van der Waals surface area contributed by atoms with Crippen LogP contribution in [0.1, 0.15) is 102 Å². The molecule has 4 aromatic rings. The molecule has 206 valence electrons. The van der Waals surface area contributed by atoms with Crippen LogP contribution < -0.4 is 4.74 Å². The lowest BCUT2D eigenvalue weighted by atomic mass is 9.69. The zero-order valence-electron chi connectivity index (χ0n) is 23.0. The van der Waals surface area contributed by atoms with E-state index in [2.05, 4.69) is 41.8 Å². The second-order valence-corrected chi connectivity index (χ2v) is 12.3. The van der Waals surface area contributed by atoms with Crippen molar-refractivity contribution in [2.45, 2.75) is 82.1 Å². The van der Waals surface area contributed by atoms with Gasteiger partial charge in [-0.15, -0.1) is 11.3 Å². The van der Waals surface area contributed by atoms with E-state index in [4.69, 9.17) is 9.72 Å². The lowest BCUT2D eigenvalue weighted by Crippen LogP contribution is -2.30. The van der Waals surface area contributed by atoms with E-state index in [1.807, 2.05) is 24.3 Å². The number of benzene rings is 3. The molecule has 0 saturated heterocycles. The van der Waals surface area contributed by atoms with Crippen LogP contribution in [0.25, 0.3) is 11.3 Å². The molecule has 1 heterocycles. The van der Waals surface area contributed by atoms with Crippen LogP contribution in [0.4, 0.5) is 0 Å². The Morgan fingerprint density at radius 3 is 2.20 bits per heavy atom. The van der Waals surface area contributed by atoms with Gasteiger partial charge in [-0.3, -0.25) is 0 Å². The van der Waals surface area contributed by atoms with Crippen LogP contribution in [0.2, 0.25) is 0 Å². The van der Waals surface area contributed by atoms with Gasteiger partial charge in [0, 0.05) is 16.4 Å². The van der Waals surface area contributed by atoms with Gasteiger partial charge in [0.05, 0.1) is 11.3 Å². The quantitative estimate of drug-likeness (QED) is 0.237. The highest BCUT2D eigenvalue weighted by molar-refractivity contribution is 7.10. The van der Waals surface area contributed by atoms with Crippen molar-refractivity contribution in [1.29, 1.82) is 0 Å². The molecule has 2 fully saturated rings. The lowest BCUT2D eigenvalue weighted by molar-refractivity contribution is 0.0697. The number of thiazole rings is 1. The van der Waals surface area contributed by atoms with Crippen LogP contribution in [0.5, 0.6) is 5.75 Å². The summed E-state index contributed by atoms with van der Waals surface area (Å²) in [4.78, 5) is 16.5. The highest BCUT2D eigenvalue weighted by Crippen LogP contribution is 2.46. The number of nitrogens with zero attached hydrogens (tertiary/aromatic N) is 1. The van der Waals surface area contributed by atoms with Crippen LogP contribution in [0, 0.1) is 0 Å². The number of ether oxygens (including phenoxy) is 1. The molecule has 5 heteroatoms. The molecular formula is C35H37NO3S. The predicted octanol–water partition coefficient (Wildman–Crippen LogP) is 9.39. The van der Waals surface area contributed by atoms with E-state index >= 15 is 0 Å². The number of hydrogen-bond donors (Lipinski definition) is 1. The molecule has 2 saturated carbocycles. The maximum Gasteiger partial charge on any atom is 0.335 e. The summed E-state index contributed by atoms with van der Waals surface area (Å²) in [7, 11) is 0. The minimum absolute atomic E-state index is 0.145. The first-order valence-corrected chi connectivity index (χ1v) is 15.6. The van der Waals surface area contributed by atoms with Gasteiger partial charge in [-0.2, -0.15) is 0 Å². The first-order valence-electron chi connectivity index (χ1n) is 14.7. The van der Waals surface area contributed by atoms with Gasteiger partial charge < -0.3 is 9.84 Å². The van der Waals surface area contributed by atoms with Crippen LogP contribution in [-0.4, -0.2) is 16.1 Å². The van der Waals surface area contributed by atoms with E-state index in [1.165, 1.54) is 55.2 Å². The van der Waals surface area contributed by atoms with Gasteiger partial charge in [0.2, 0.25) is 0 Å². The van der Waals surface area contributed by atoms with Gasteiger partial charge >= 0.3 is 5.97 Å². The van der Waals surface area contributed by atoms with Crippen LogP contribution in [0.3, 0.4) is 0 Å². The number of aromatic nitrogens is 1. The number of hydrogen-bond acceptors (Lipinski definition) is 4. The predicted molar refractivity (Wildman–Crippen MR) is 161 cm³/mol. The smallest absolute Gasteiger partial charge is 0.335 e. The Labute approximate surface area is 241 Å². The molecule has 0 bridgehead atoms. The summed E-state index contributed by atoms with van der Waals surface area (Å²) in [6.45, 7) is 0.564. The SMILES string of the molecule is O=C(O)c1ccc(C2(c3nc(-c4ccc(OCc5ccc(C6CCCCC6)cc5)cc4)cs3)CCCCC2)cc1. The Hall–Kier alpha value is -3.44. The van der Waals surface area contributed by atoms with Crippen molar-refractivity contribution in [3.05, 3.63) is 105 Å².